The summed E-state index contributed by atoms with van der Waals surface area (Å²) in [4.78, 5) is 0. The normalized spacial score (nSPS) is 32.9. The van der Waals surface area contributed by atoms with Gasteiger partial charge in [-0.3, -0.25) is 0 Å². The van der Waals surface area contributed by atoms with E-state index in [2.05, 4.69) is 6.08 Å². The molecule has 1 aliphatic rings. The summed E-state index contributed by atoms with van der Waals surface area (Å²) in [5.41, 5.74) is 0. The molecular formula is C10H18O3S. The number of aliphatic hydroxyl groups is 1. The molecule has 82 valence electrons. The highest BCUT2D eigenvalue weighted by atomic mass is 32.2. The maximum atomic E-state index is 9.88. The highest BCUT2D eigenvalue weighted by Gasteiger charge is 2.28. The molecule has 0 bridgehead atoms. The minimum Gasteiger partial charge on any atom is -0.392 e. The fourth-order valence-electron chi connectivity index (χ4n) is 1.66. The SMILES string of the molecule is COC[C@@H]1[C@H](O)CSC=C[C@@H]1COC. The number of aliphatic hydroxyl groups excluding tert-OH is 1. The molecule has 1 aliphatic heterocycles. The van der Waals surface area contributed by atoms with Crippen molar-refractivity contribution in [3.8, 4) is 0 Å². The van der Waals surface area contributed by atoms with Crippen molar-refractivity contribution in [3.63, 3.8) is 0 Å². The van der Waals surface area contributed by atoms with E-state index in [0.717, 1.165) is 5.75 Å². The molecule has 0 saturated carbocycles. The summed E-state index contributed by atoms with van der Waals surface area (Å²) in [6.45, 7) is 1.22. The van der Waals surface area contributed by atoms with Crippen LogP contribution in [0.15, 0.2) is 11.5 Å². The van der Waals surface area contributed by atoms with Crippen LogP contribution < -0.4 is 0 Å². The van der Waals surface area contributed by atoms with Gasteiger partial charge in [0, 0.05) is 31.8 Å². The molecule has 0 unspecified atom stereocenters. The molecule has 3 nitrogen and oxygen atoms in total. The molecule has 0 amide bonds. The number of thioether (sulfide) groups is 1. The summed E-state index contributed by atoms with van der Waals surface area (Å²) < 4.78 is 10.3. The Morgan fingerprint density at radius 3 is 2.71 bits per heavy atom. The number of ether oxygens (including phenoxy) is 2. The van der Waals surface area contributed by atoms with Crippen LogP contribution in [0.25, 0.3) is 0 Å². The number of hydrogen-bond acceptors (Lipinski definition) is 4. The van der Waals surface area contributed by atoms with Gasteiger partial charge in [0.1, 0.15) is 0 Å². The van der Waals surface area contributed by atoms with E-state index in [-0.39, 0.29) is 17.9 Å². The van der Waals surface area contributed by atoms with E-state index in [1.54, 1.807) is 26.0 Å². The lowest BCUT2D eigenvalue weighted by Gasteiger charge is -2.26. The summed E-state index contributed by atoms with van der Waals surface area (Å²) in [7, 11) is 3.35. The number of hydrogen-bond donors (Lipinski definition) is 1. The maximum Gasteiger partial charge on any atom is 0.0690 e. The average molecular weight is 218 g/mol. The predicted molar refractivity (Wildman–Crippen MR) is 58.3 cm³/mol. The van der Waals surface area contributed by atoms with Gasteiger partial charge in [-0.1, -0.05) is 6.08 Å². The lowest BCUT2D eigenvalue weighted by molar-refractivity contribution is 0.0184. The third kappa shape index (κ3) is 3.28. The topological polar surface area (TPSA) is 38.7 Å². The van der Waals surface area contributed by atoms with Crippen molar-refractivity contribution >= 4 is 11.8 Å². The molecule has 3 atom stereocenters. The Bertz CT molecular complexity index is 184. The highest BCUT2D eigenvalue weighted by Crippen LogP contribution is 2.26. The molecule has 0 aromatic carbocycles. The van der Waals surface area contributed by atoms with Gasteiger partial charge in [-0.15, -0.1) is 11.8 Å². The van der Waals surface area contributed by atoms with Crippen molar-refractivity contribution in [3.05, 3.63) is 11.5 Å². The first kappa shape index (κ1) is 12.0. The number of rotatable bonds is 4. The van der Waals surface area contributed by atoms with Crippen LogP contribution in [-0.2, 0) is 9.47 Å². The molecule has 1 rings (SSSR count). The molecule has 1 N–H and O–H groups in total. The molecule has 0 aliphatic carbocycles. The second kappa shape index (κ2) is 6.45. The summed E-state index contributed by atoms with van der Waals surface area (Å²) >= 11 is 1.64. The van der Waals surface area contributed by atoms with Crippen LogP contribution in [0.1, 0.15) is 0 Å². The Morgan fingerprint density at radius 1 is 1.36 bits per heavy atom. The predicted octanol–water partition coefficient (Wildman–Crippen LogP) is 1.13. The molecule has 0 aromatic rings. The summed E-state index contributed by atoms with van der Waals surface area (Å²) in [6, 6.07) is 0. The molecule has 4 heteroatoms. The molecule has 0 radical (unpaired) electrons. The zero-order valence-corrected chi connectivity index (χ0v) is 9.50. The standard InChI is InChI=1S/C10H18O3S/c1-12-5-8-3-4-14-7-10(11)9(8)6-13-2/h3-4,8-11H,5-7H2,1-2H3/t8-,9+,10-/m1/s1. The first-order valence-electron chi connectivity index (χ1n) is 4.73. The monoisotopic (exact) mass is 218 g/mol. The van der Waals surface area contributed by atoms with Crippen molar-refractivity contribution in [2.24, 2.45) is 11.8 Å². The van der Waals surface area contributed by atoms with Crippen LogP contribution >= 0.6 is 11.8 Å². The van der Waals surface area contributed by atoms with Gasteiger partial charge in [0.2, 0.25) is 0 Å². The first-order chi connectivity index (χ1) is 6.79. The molecular weight excluding hydrogens is 200 g/mol. The Balaban J connectivity index is 2.62. The lowest BCUT2D eigenvalue weighted by Crippen LogP contribution is -2.33. The zero-order valence-electron chi connectivity index (χ0n) is 8.68. The van der Waals surface area contributed by atoms with Crippen LogP contribution in [-0.4, -0.2) is 44.4 Å². The van der Waals surface area contributed by atoms with Crippen LogP contribution in [0.4, 0.5) is 0 Å². The molecule has 0 fully saturated rings. The van der Waals surface area contributed by atoms with Crippen LogP contribution in [0.3, 0.4) is 0 Å². The van der Waals surface area contributed by atoms with Gasteiger partial charge in [0.15, 0.2) is 0 Å². The quantitative estimate of drug-likeness (QED) is 0.768. The Kier molecular flexibility index (Phi) is 5.55. The van der Waals surface area contributed by atoms with Crippen LogP contribution in [0, 0.1) is 11.8 Å². The van der Waals surface area contributed by atoms with Crippen molar-refractivity contribution in [1.29, 1.82) is 0 Å². The van der Waals surface area contributed by atoms with Crippen molar-refractivity contribution in [1.82, 2.24) is 0 Å². The number of methoxy groups -OCH3 is 2. The molecule has 0 spiro atoms. The van der Waals surface area contributed by atoms with Crippen LogP contribution in [0.5, 0.6) is 0 Å². The lowest BCUT2D eigenvalue weighted by atomic mass is 9.89. The van der Waals surface area contributed by atoms with Crippen molar-refractivity contribution in [2.45, 2.75) is 6.10 Å². The van der Waals surface area contributed by atoms with E-state index in [4.69, 9.17) is 9.47 Å². The summed E-state index contributed by atoms with van der Waals surface area (Å²) in [5, 5.41) is 11.9. The average Bonchev–Trinajstić information content (AvgIpc) is 2.33. The summed E-state index contributed by atoms with van der Waals surface area (Å²) in [5.74, 6) is 1.14. The zero-order chi connectivity index (χ0) is 10.4. The van der Waals surface area contributed by atoms with E-state index >= 15 is 0 Å². The Labute approximate surface area is 89.5 Å². The van der Waals surface area contributed by atoms with E-state index in [9.17, 15) is 5.11 Å². The van der Waals surface area contributed by atoms with Crippen LogP contribution in [0.2, 0.25) is 0 Å². The second-order valence-corrected chi connectivity index (χ2v) is 4.41. The van der Waals surface area contributed by atoms with Gasteiger partial charge in [-0.2, -0.15) is 0 Å². The fourth-order valence-corrected chi connectivity index (χ4v) is 2.53. The maximum absolute atomic E-state index is 9.88. The van der Waals surface area contributed by atoms with E-state index in [0.29, 0.717) is 13.2 Å². The Hall–Kier alpha value is -0.0300. The van der Waals surface area contributed by atoms with Crippen molar-refractivity contribution in [2.75, 3.05) is 33.2 Å². The molecule has 14 heavy (non-hydrogen) atoms. The molecule has 0 saturated heterocycles. The second-order valence-electron chi connectivity index (χ2n) is 3.47. The minimum atomic E-state index is -0.310. The van der Waals surface area contributed by atoms with Gasteiger partial charge in [-0.25, -0.2) is 0 Å². The van der Waals surface area contributed by atoms with Gasteiger partial charge in [0.05, 0.1) is 19.3 Å². The largest absolute Gasteiger partial charge is 0.392 e. The van der Waals surface area contributed by atoms with E-state index in [1.807, 2.05) is 5.41 Å². The van der Waals surface area contributed by atoms with Gasteiger partial charge in [0.25, 0.3) is 0 Å². The highest BCUT2D eigenvalue weighted by molar-refractivity contribution is 8.02. The van der Waals surface area contributed by atoms with E-state index in [1.165, 1.54) is 0 Å². The van der Waals surface area contributed by atoms with Gasteiger partial charge in [-0.05, 0) is 5.41 Å². The third-order valence-electron chi connectivity index (χ3n) is 2.45. The van der Waals surface area contributed by atoms with Gasteiger partial charge >= 0.3 is 0 Å². The smallest absolute Gasteiger partial charge is 0.0690 e. The third-order valence-corrected chi connectivity index (χ3v) is 3.33. The van der Waals surface area contributed by atoms with E-state index < -0.39 is 0 Å². The van der Waals surface area contributed by atoms with Gasteiger partial charge < -0.3 is 14.6 Å². The fraction of sp³-hybridized carbons (Fsp3) is 0.800. The Morgan fingerprint density at radius 2 is 2.07 bits per heavy atom. The van der Waals surface area contributed by atoms with Crippen molar-refractivity contribution < 1.29 is 14.6 Å². The molecule has 1 heterocycles. The molecule has 0 aromatic heterocycles. The minimum absolute atomic E-state index is 0.145. The summed E-state index contributed by atoms with van der Waals surface area (Å²) in [6.07, 6.45) is 1.80. The first-order valence-corrected chi connectivity index (χ1v) is 5.78.